The summed E-state index contributed by atoms with van der Waals surface area (Å²) in [5, 5.41) is 8.42. The fraction of sp³-hybridized carbons (Fsp3) is 0.429. The second-order valence-electron chi connectivity index (χ2n) is 4.56. The molecular weight excluding hydrogens is 302 g/mol. The molecule has 1 aromatic carbocycles. The van der Waals surface area contributed by atoms with Crippen molar-refractivity contribution in [3.8, 4) is 0 Å². The Morgan fingerprint density at radius 3 is 2.19 bits per heavy atom. The predicted octanol–water partition coefficient (Wildman–Crippen LogP) is 2.90. The SMILES string of the molecule is CC(C=CCCc1ccccc1)C(O)(F)F.CS(=O)(=O)O. The van der Waals surface area contributed by atoms with Gasteiger partial charge in [-0.25, -0.2) is 0 Å². The van der Waals surface area contributed by atoms with Gasteiger partial charge in [-0.2, -0.15) is 17.2 Å². The van der Waals surface area contributed by atoms with Gasteiger partial charge in [0.15, 0.2) is 0 Å². The van der Waals surface area contributed by atoms with E-state index in [1.54, 1.807) is 6.08 Å². The number of benzene rings is 1. The van der Waals surface area contributed by atoms with Gasteiger partial charge < -0.3 is 5.11 Å². The molecule has 0 fully saturated rings. The Hall–Kier alpha value is -1.31. The van der Waals surface area contributed by atoms with Crippen LogP contribution in [0.3, 0.4) is 0 Å². The van der Waals surface area contributed by atoms with Crippen LogP contribution < -0.4 is 0 Å². The van der Waals surface area contributed by atoms with Gasteiger partial charge in [0.2, 0.25) is 0 Å². The van der Waals surface area contributed by atoms with Crippen molar-refractivity contribution in [1.29, 1.82) is 0 Å². The van der Waals surface area contributed by atoms with Crippen LogP contribution in [0.1, 0.15) is 18.9 Å². The highest BCUT2D eigenvalue weighted by atomic mass is 32.2. The molecule has 0 aliphatic carbocycles. The van der Waals surface area contributed by atoms with E-state index in [9.17, 15) is 17.2 Å². The van der Waals surface area contributed by atoms with Gasteiger partial charge in [0.1, 0.15) is 0 Å². The summed E-state index contributed by atoms with van der Waals surface area (Å²) >= 11 is 0. The van der Waals surface area contributed by atoms with Gasteiger partial charge in [0.05, 0.1) is 12.2 Å². The number of halogens is 2. The van der Waals surface area contributed by atoms with Crippen LogP contribution in [-0.2, 0) is 16.5 Å². The molecule has 0 saturated carbocycles. The van der Waals surface area contributed by atoms with E-state index in [0.717, 1.165) is 6.42 Å². The molecular formula is C14H20F2O4S. The fourth-order valence-corrected chi connectivity index (χ4v) is 1.31. The van der Waals surface area contributed by atoms with Gasteiger partial charge in [0.25, 0.3) is 10.1 Å². The maximum Gasteiger partial charge on any atom is 0.359 e. The van der Waals surface area contributed by atoms with Crippen LogP contribution in [0.4, 0.5) is 8.78 Å². The molecule has 4 nitrogen and oxygen atoms in total. The van der Waals surface area contributed by atoms with Crippen LogP contribution in [0.5, 0.6) is 0 Å². The molecule has 0 aliphatic rings. The monoisotopic (exact) mass is 322 g/mol. The molecule has 0 amide bonds. The second-order valence-corrected chi connectivity index (χ2v) is 6.03. The molecule has 2 N–H and O–H groups in total. The first-order valence-corrected chi connectivity index (χ1v) is 8.08. The normalized spacial score (nSPS) is 13.6. The molecule has 1 rings (SSSR count). The summed E-state index contributed by atoms with van der Waals surface area (Å²) in [6.45, 7) is 1.29. The van der Waals surface area contributed by atoms with Crippen LogP contribution in [0, 0.1) is 5.92 Å². The van der Waals surface area contributed by atoms with E-state index in [2.05, 4.69) is 0 Å². The van der Waals surface area contributed by atoms with Crippen LogP contribution in [0.15, 0.2) is 42.5 Å². The molecule has 0 aromatic heterocycles. The Balaban J connectivity index is 0.000000690. The summed E-state index contributed by atoms with van der Waals surface area (Å²) in [5.74, 6) is -1.14. The third-order valence-corrected chi connectivity index (χ3v) is 2.42. The van der Waals surface area contributed by atoms with Gasteiger partial charge in [-0.15, -0.1) is 0 Å². The van der Waals surface area contributed by atoms with Gasteiger partial charge in [-0.3, -0.25) is 4.55 Å². The summed E-state index contributed by atoms with van der Waals surface area (Å²) in [5.41, 5.74) is 1.18. The van der Waals surface area contributed by atoms with Crippen LogP contribution in [0.25, 0.3) is 0 Å². The topological polar surface area (TPSA) is 74.6 Å². The summed E-state index contributed by atoms with van der Waals surface area (Å²) in [6, 6.07) is 9.83. The number of hydrogen-bond donors (Lipinski definition) is 2. The number of aliphatic hydroxyl groups is 1. The zero-order chi connectivity index (χ0) is 16.5. The average Bonchev–Trinajstić information content (AvgIpc) is 2.32. The number of aryl methyl sites for hydroxylation is 1. The highest BCUT2D eigenvalue weighted by Crippen LogP contribution is 2.21. The Labute approximate surface area is 123 Å². The van der Waals surface area contributed by atoms with E-state index in [-0.39, 0.29) is 0 Å². The third-order valence-electron chi connectivity index (χ3n) is 2.42. The van der Waals surface area contributed by atoms with Gasteiger partial charge in [0, 0.05) is 0 Å². The second kappa shape index (κ2) is 8.86. The molecule has 0 radical (unpaired) electrons. The zero-order valence-electron chi connectivity index (χ0n) is 11.9. The summed E-state index contributed by atoms with van der Waals surface area (Å²) < 4.78 is 50.6. The Bertz CT molecular complexity index is 514. The van der Waals surface area contributed by atoms with E-state index in [1.165, 1.54) is 18.6 Å². The minimum absolute atomic E-state index is 0.699. The highest BCUT2D eigenvalue weighted by molar-refractivity contribution is 7.85. The van der Waals surface area contributed by atoms with Crippen molar-refractivity contribution in [1.82, 2.24) is 0 Å². The molecule has 21 heavy (non-hydrogen) atoms. The van der Waals surface area contributed by atoms with Gasteiger partial charge in [-0.1, -0.05) is 49.4 Å². The maximum absolute atomic E-state index is 12.4. The molecule has 0 saturated heterocycles. The van der Waals surface area contributed by atoms with Crippen molar-refractivity contribution in [2.24, 2.45) is 5.92 Å². The van der Waals surface area contributed by atoms with E-state index < -0.39 is 22.1 Å². The first-order chi connectivity index (χ1) is 9.50. The summed E-state index contributed by atoms with van der Waals surface area (Å²) in [6.07, 6.45) is 1.65. The molecule has 1 atom stereocenters. The Morgan fingerprint density at radius 1 is 1.29 bits per heavy atom. The molecule has 0 bridgehead atoms. The minimum atomic E-state index is -3.67. The smallest absolute Gasteiger partial charge is 0.336 e. The number of alkyl halides is 2. The summed E-state index contributed by atoms with van der Waals surface area (Å²) in [4.78, 5) is 0. The lowest BCUT2D eigenvalue weighted by atomic mass is 10.1. The van der Waals surface area contributed by atoms with Gasteiger partial charge in [-0.05, 0) is 18.4 Å². The van der Waals surface area contributed by atoms with Crippen molar-refractivity contribution in [3.63, 3.8) is 0 Å². The lowest BCUT2D eigenvalue weighted by molar-refractivity contribution is -0.222. The largest absolute Gasteiger partial charge is 0.359 e. The first-order valence-electron chi connectivity index (χ1n) is 6.23. The molecule has 0 heterocycles. The van der Waals surface area contributed by atoms with E-state index in [4.69, 9.17) is 9.66 Å². The van der Waals surface area contributed by atoms with Crippen LogP contribution in [0.2, 0.25) is 0 Å². The molecule has 0 aliphatic heterocycles. The Morgan fingerprint density at radius 2 is 1.76 bits per heavy atom. The fourth-order valence-electron chi connectivity index (χ4n) is 1.31. The standard InChI is InChI=1S/C13H16F2O.CH4O3S/c1-11(13(14,15)16)7-5-6-10-12-8-3-2-4-9-12;1-5(2,3)4/h2-5,7-9,11,16H,6,10H2,1H3;1H3,(H,2,3,4). The number of hydrogen-bond acceptors (Lipinski definition) is 3. The van der Waals surface area contributed by atoms with E-state index >= 15 is 0 Å². The number of allylic oxidation sites excluding steroid dienone is 1. The van der Waals surface area contributed by atoms with Crippen molar-refractivity contribution in [2.45, 2.75) is 25.9 Å². The summed E-state index contributed by atoms with van der Waals surface area (Å²) in [7, 11) is -3.67. The van der Waals surface area contributed by atoms with E-state index in [0.29, 0.717) is 12.7 Å². The molecule has 1 unspecified atom stereocenters. The maximum atomic E-state index is 12.4. The van der Waals surface area contributed by atoms with Gasteiger partial charge >= 0.3 is 6.11 Å². The van der Waals surface area contributed by atoms with E-state index in [1.807, 2.05) is 30.3 Å². The Kier molecular flexibility index (Phi) is 8.31. The van der Waals surface area contributed by atoms with Crippen LogP contribution >= 0.6 is 0 Å². The van der Waals surface area contributed by atoms with Crippen molar-refractivity contribution < 1.29 is 26.9 Å². The molecule has 0 spiro atoms. The minimum Gasteiger partial charge on any atom is -0.336 e. The van der Waals surface area contributed by atoms with Crippen molar-refractivity contribution in [3.05, 3.63) is 48.0 Å². The van der Waals surface area contributed by atoms with Crippen molar-refractivity contribution >= 4 is 10.1 Å². The van der Waals surface area contributed by atoms with Crippen molar-refractivity contribution in [2.75, 3.05) is 6.26 Å². The lowest BCUT2D eigenvalue weighted by Crippen LogP contribution is -2.23. The number of rotatable bonds is 5. The van der Waals surface area contributed by atoms with Crippen LogP contribution in [-0.4, -0.2) is 30.4 Å². The lowest BCUT2D eigenvalue weighted by Gasteiger charge is -2.13. The molecule has 7 heteroatoms. The third kappa shape index (κ3) is 13.4. The molecule has 120 valence electrons. The average molecular weight is 322 g/mol. The quantitative estimate of drug-likeness (QED) is 0.646. The zero-order valence-corrected chi connectivity index (χ0v) is 12.7. The predicted molar refractivity (Wildman–Crippen MR) is 77.7 cm³/mol. The first kappa shape index (κ1) is 19.7. The highest BCUT2D eigenvalue weighted by Gasteiger charge is 2.30. The molecule has 1 aromatic rings.